The molecule has 190 valence electrons. The van der Waals surface area contributed by atoms with Crippen LogP contribution in [-0.4, -0.2) is 102 Å². The van der Waals surface area contributed by atoms with Crippen LogP contribution < -0.4 is 32.3 Å². The number of hydrogen-bond acceptors (Lipinski definition) is 8. The number of nitrogens with one attached hydrogen (secondary N) is 5. The maximum Gasteiger partial charge on any atom is 0.248 e. The SMILES string of the molecule is CC(=O)NCC(=O)NCC(=O)N[C@H](C(=O)N1CCC[C@H]1C(=O)NCC(=O)NCC(N)=O)[C@@H](C)O. The van der Waals surface area contributed by atoms with Crippen LogP contribution in [0.2, 0.25) is 0 Å². The summed E-state index contributed by atoms with van der Waals surface area (Å²) in [4.78, 5) is 83.6. The van der Waals surface area contributed by atoms with Crippen LogP contribution in [0.15, 0.2) is 0 Å². The van der Waals surface area contributed by atoms with E-state index in [1.807, 2.05) is 0 Å². The molecule has 0 aromatic carbocycles. The van der Waals surface area contributed by atoms with Gasteiger partial charge in [-0.25, -0.2) is 0 Å². The predicted molar refractivity (Wildman–Crippen MR) is 115 cm³/mol. The van der Waals surface area contributed by atoms with Gasteiger partial charge in [0.25, 0.3) is 0 Å². The average Bonchev–Trinajstić information content (AvgIpc) is 3.26. The minimum Gasteiger partial charge on any atom is -0.391 e. The maximum atomic E-state index is 13.0. The lowest BCUT2D eigenvalue weighted by atomic mass is 10.1. The third-order valence-corrected chi connectivity index (χ3v) is 4.73. The minimum absolute atomic E-state index is 0.192. The molecule has 7 amide bonds. The first-order chi connectivity index (χ1) is 15.9. The van der Waals surface area contributed by atoms with E-state index in [2.05, 4.69) is 26.6 Å². The number of nitrogens with zero attached hydrogens (tertiary/aromatic N) is 1. The van der Waals surface area contributed by atoms with Gasteiger partial charge in [-0.15, -0.1) is 0 Å². The van der Waals surface area contributed by atoms with Crippen LogP contribution in [0, 0.1) is 0 Å². The normalized spacial score (nSPS) is 16.6. The summed E-state index contributed by atoms with van der Waals surface area (Å²) < 4.78 is 0. The van der Waals surface area contributed by atoms with Crippen LogP contribution in [-0.2, 0) is 33.6 Å². The summed E-state index contributed by atoms with van der Waals surface area (Å²) in [5, 5.41) is 21.5. The van der Waals surface area contributed by atoms with E-state index in [0.717, 1.165) is 0 Å². The van der Waals surface area contributed by atoms with Crippen molar-refractivity contribution in [1.82, 2.24) is 31.5 Å². The summed E-state index contributed by atoms with van der Waals surface area (Å²) in [6.07, 6.45) is -0.521. The van der Waals surface area contributed by atoms with E-state index >= 15 is 0 Å². The highest BCUT2D eigenvalue weighted by molar-refractivity contribution is 5.95. The zero-order valence-corrected chi connectivity index (χ0v) is 19.0. The summed E-state index contributed by atoms with van der Waals surface area (Å²) in [7, 11) is 0. The number of aliphatic hydroxyl groups excluding tert-OH is 1. The fourth-order valence-electron chi connectivity index (χ4n) is 3.07. The van der Waals surface area contributed by atoms with Crippen LogP contribution in [0.1, 0.15) is 26.7 Å². The van der Waals surface area contributed by atoms with Crippen LogP contribution in [0.3, 0.4) is 0 Å². The monoisotopic (exact) mass is 485 g/mol. The van der Waals surface area contributed by atoms with Gasteiger partial charge in [0, 0.05) is 13.5 Å². The van der Waals surface area contributed by atoms with Crippen LogP contribution in [0.25, 0.3) is 0 Å². The number of amides is 7. The highest BCUT2D eigenvalue weighted by Crippen LogP contribution is 2.19. The van der Waals surface area contributed by atoms with Gasteiger partial charge in [-0.2, -0.15) is 0 Å². The Hall–Kier alpha value is -3.75. The standard InChI is InChI=1S/C19H31N7O8/c1-10(27)17(25-16(32)9-23-14(30)7-21-11(2)28)19(34)26-5-3-4-12(26)18(33)24-8-15(31)22-6-13(20)29/h10,12,17,27H,3-9H2,1-2H3,(H2,20,29)(H,21,28)(H,22,31)(H,23,30)(H,24,33)(H,25,32)/t10-,12+,17+/m1/s1. The van der Waals surface area contributed by atoms with Crippen molar-refractivity contribution in [2.75, 3.05) is 32.7 Å². The number of likely N-dealkylation sites (tertiary alicyclic amines) is 1. The molecule has 0 saturated carbocycles. The second kappa shape index (κ2) is 13.7. The molecule has 1 aliphatic heterocycles. The van der Waals surface area contributed by atoms with Crippen LogP contribution in [0.5, 0.6) is 0 Å². The number of hydrogen-bond donors (Lipinski definition) is 7. The van der Waals surface area contributed by atoms with Crippen LogP contribution >= 0.6 is 0 Å². The number of primary amides is 1. The van der Waals surface area contributed by atoms with Gasteiger partial charge in [0.2, 0.25) is 41.4 Å². The molecular weight excluding hydrogens is 454 g/mol. The molecule has 0 bridgehead atoms. The summed E-state index contributed by atoms with van der Waals surface area (Å²) >= 11 is 0. The Labute approximate surface area is 195 Å². The van der Waals surface area contributed by atoms with Gasteiger partial charge in [0.05, 0.1) is 32.3 Å². The molecule has 15 nitrogen and oxygen atoms in total. The fraction of sp³-hybridized carbons (Fsp3) is 0.632. The summed E-state index contributed by atoms with van der Waals surface area (Å²) in [6, 6.07) is -2.31. The Kier molecular flexibility index (Phi) is 11.4. The van der Waals surface area contributed by atoms with Crippen molar-refractivity contribution in [1.29, 1.82) is 0 Å². The molecule has 0 radical (unpaired) electrons. The van der Waals surface area contributed by atoms with Crippen molar-refractivity contribution >= 4 is 41.4 Å². The fourth-order valence-corrected chi connectivity index (χ4v) is 3.07. The molecular formula is C19H31N7O8. The third kappa shape index (κ3) is 9.81. The molecule has 15 heteroatoms. The quantitative estimate of drug-likeness (QED) is 0.141. The molecule has 1 rings (SSSR count). The van der Waals surface area contributed by atoms with Crippen molar-refractivity contribution in [2.24, 2.45) is 5.73 Å². The van der Waals surface area contributed by atoms with Crippen LogP contribution in [0.4, 0.5) is 0 Å². The molecule has 1 saturated heterocycles. The van der Waals surface area contributed by atoms with E-state index in [1.165, 1.54) is 18.7 Å². The maximum absolute atomic E-state index is 13.0. The van der Waals surface area contributed by atoms with E-state index in [4.69, 9.17) is 5.73 Å². The largest absolute Gasteiger partial charge is 0.391 e. The van der Waals surface area contributed by atoms with E-state index in [0.29, 0.717) is 12.8 Å². The molecule has 1 heterocycles. The first kappa shape index (κ1) is 28.3. The minimum atomic E-state index is -1.38. The number of carbonyl (C=O) groups is 7. The van der Waals surface area contributed by atoms with E-state index in [-0.39, 0.29) is 19.6 Å². The summed E-state index contributed by atoms with van der Waals surface area (Å²) in [5.74, 6) is -4.51. The molecule has 0 spiro atoms. The molecule has 0 unspecified atom stereocenters. The Balaban J connectivity index is 2.65. The molecule has 3 atom stereocenters. The smallest absolute Gasteiger partial charge is 0.248 e. The Morgan fingerprint density at radius 3 is 2.03 bits per heavy atom. The molecule has 0 aliphatic carbocycles. The lowest BCUT2D eigenvalue weighted by molar-refractivity contribution is -0.143. The van der Waals surface area contributed by atoms with Gasteiger partial charge < -0.3 is 42.3 Å². The molecule has 8 N–H and O–H groups in total. The zero-order valence-electron chi connectivity index (χ0n) is 19.0. The topological polar surface area (TPSA) is 229 Å². The van der Waals surface area contributed by atoms with Crippen molar-refractivity contribution in [2.45, 2.75) is 44.9 Å². The lowest BCUT2D eigenvalue weighted by Gasteiger charge is -2.30. The molecule has 1 fully saturated rings. The zero-order chi connectivity index (χ0) is 25.8. The third-order valence-electron chi connectivity index (χ3n) is 4.73. The Morgan fingerprint density at radius 2 is 1.47 bits per heavy atom. The highest BCUT2D eigenvalue weighted by atomic mass is 16.3. The van der Waals surface area contributed by atoms with E-state index in [9.17, 15) is 38.7 Å². The van der Waals surface area contributed by atoms with Crippen molar-refractivity contribution in [3.05, 3.63) is 0 Å². The molecule has 1 aliphatic rings. The van der Waals surface area contributed by atoms with Gasteiger partial charge in [-0.1, -0.05) is 0 Å². The average molecular weight is 485 g/mol. The Bertz CT molecular complexity index is 812. The van der Waals surface area contributed by atoms with Gasteiger partial charge in [-0.3, -0.25) is 33.6 Å². The van der Waals surface area contributed by atoms with Gasteiger partial charge in [-0.05, 0) is 19.8 Å². The Morgan fingerprint density at radius 1 is 0.912 bits per heavy atom. The number of rotatable bonds is 12. The van der Waals surface area contributed by atoms with Crippen molar-refractivity contribution < 1.29 is 38.7 Å². The summed E-state index contributed by atoms with van der Waals surface area (Å²) in [5.41, 5.74) is 4.92. The second-order valence-electron chi connectivity index (χ2n) is 7.62. The summed E-state index contributed by atoms with van der Waals surface area (Å²) in [6.45, 7) is 1.06. The molecule has 34 heavy (non-hydrogen) atoms. The lowest BCUT2D eigenvalue weighted by Crippen LogP contribution is -2.58. The van der Waals surface area contributed by atoms with Crippen molar-refractivity contribution in [3.63, 3.8) is 0 Å². The highest BCUT2D eigenvalue weighted by Gasteiger charge is 2.39. The predicted octanol–water partition coefficient (Wildman–Crippen LogP) is -5.19. The second-order valence-corrected chi connectivity index (χ2v) is 7.62. The number of aliphatic hydroxyl groups is 1. The van der Waals surface area contributed by atoms with Gasteiger partial charge in [0.1, 0.15) is 12.1 Å². The van der Waals surface area contributed by atoms with Gasteiger partial charge in [0.15, 0.2) is 0 Å². The van der Waals surface area contributed by atoms with Gasteiger partial charge >= 0.3 is 0 Å². The first-order valence-electron chi connectivity index (χ1n) is 10.5. The van der Waals surface area contributed by atoms with Crippen molar-refractivity contribution in [3.8, 4) is 0 Å². The molecule has 0 aromatic rings. The first-order valence-corrected chi connectivity index (χ1v) is 10.5. The van der Waals surface area contributed by atoms with E-state index in [1.54, 1.807) is 0 Å². The van der Waals surface area contributed by atoms with E-state index < -0.39 is 72.6 Å². The number of nitrogens with two attached hydrogens (primary N) is 1. The molecule has 0 aromatic heterocycles. The number of carbonyl (C=O) groups excluding carboxylic acids is 7.